The average Bonchev–Trinajstić information content (AvgIpc) is 2.93. The van der Waals surface area contributed by atoms with Crippen LogP contribution in [0, 0.1) is 5.92 Å². The Balaban J connectivity index is 1.97. The zero-order valence-electron chi connectivity index (χ0n) is 13.1. The summed E-state index contributed by atoms with van der Waals surface area (Å²) in [6, 6.07) is 7.36. The van der Waals surface area contributed by atoms with Crippen LogP contribution in [0.3, 0.4) is 0 Å². The zero-order chi connectivity index (χ0) is 15.9. The Morgan fingerprint density at radius 1 is 1.36 bits per heavy atom. The van der Waals surface area contributed by atoms with Crippen molar-refractivity contribution in [2.45, 2.75) is 12.8 Å². The van der Waals surface area contributed by atoms with Crippen molar-refractivity contribution in [2.75, 3.05) is 38.7 Å². The van der Waals surface area contributed by atoms with E-state index in [0.717, 1.165) is 18.7 Å². The number of hydrogen-bond acceptors (Lipinski definition) is 4. The van der Waals surface area contributed by atoms with E-state index < -0.39 is 0 Å². The molecule has 2 N–H and O–H groups in total. The molecule has 6 nitrogen and oxygen atoms in total. The van der Waals surface area contributed by atoms with Gasteiger partial charge in [0.05, 0.1) is 18.7 Å². The summed E-state index contributed by atoms with van der Waals surface area (Å²) < 4.78 is 5.29. The molecule has 120 valence electrons. The number of carbonyl (C=O) groups excluding carboxylic acids is 2. The molecule has 2 amide bonds. The molecule has 2 rings (SSSR count). The lowest BCUT2D eigenvalue weighted by atomic mass is 10.1. The van der Waals surface area contributed by atoms with E-state index in [2.05, 4.69) is 10.6 Å². The van der Waals surface area contributed by atoms with Crippen molar-refractivity contribution in [1.82, 2.24) is 10.6 Å². The maximum Gasteiger partial charge on any atom is 0.227 e. The minimum Gasteiger partial charge on any atom is -0.495 e. The molecule has 0 saturated carbocycles. The quantitative estimate of drug-likeness (QED) is 0.730. The van der Waals surface area contributed by atoms with Crippen molar-refractivity contribution in [1.29, 1.82) is 0 Å². The lowest BCUT2D eigenvalue weighted by Crippen LogP contribution is -2.34. The van der Waals surface area contributed by atoms with Crippen LogP contribution in [-0.2, 0) is 9.59 Å². The number of ether oxygens (including phenoxy) is 1. The SMILES string of the molecule is CNCCCNC(=O)C1CC(=O)N(c2ccccc2OC)C1. The van der Waals surface area contributed by atoms with Gasteiger partial charge in [-0.25, -0.2) is 0 Å². The normalized spacial score (nSPS) is 17.6. The highest BCUT2D eigenvalue weighted by molar-refractivity contribution is 6.01. The highest BCUT2D eigenvalue weighted by Gasteiger charge is 2.35. The van der Waals surface area contributed by atoms with Crippen LogP contribution in [0.25, 0.3) is 0 Å². The molecule has 1 saturated heterocycles. The number of para-hydroxylation sites is 2. The topological polar surface area (TPSA) is 70.7 Å². The first-order valence-corrected chi connectivity index (χ1v) is 7.53. The maximum absolute atomic E-state index is 12.2. The van der Waals surface area contributed by atoms with Gasteiger partial charge in [0.15, 0.2) is 0 Å². The Morgan fingerprint density at radius 2 is 2.14 bits per heavy atom. The molecule has 1 fully saturated rings. The van der Waals surface area contributed by atoms with Crippen molar-refractivity contribution in [3.05, 3.63) is 24.3 Å². The standard InChI is InChI=1S/C16H23N3O3/c1-17-8-5-9-18-16(21)12-10-15(20)19(11-12)13-6-3-4-7-14(13)22-2/h3-4,6-7,12,17H,5,8-11H2,1-2H3,(H,18,21). The molecule has 1 aliphatic rings. The second kappa shape index (κ2) is 7.79. The first kappa shape index (κ1) is 16.3. The van der Waals surface area contributed by atoms with E-state index in [0.29, 0.717) is 18.8 Å². The van der Waals surface area contributed by atoms with E-state index in [-0.39, 0.29) is 24.2 Å². The molecule has 0 radical (unpaired) electrons. The molecule has 0 spiro atoms. The van der Waals surface area contributed by atoms with Crippen LogP contribution in [0.4, 0.5) is 5.69 Å². The molecule has 1 aromatic carbocycles. The lowest BCUT2D eigenvalue weighted by molar-refractivity contribution is -0.126. The van der Waals surface area contributed by atoms with Crippen LogP contribution in [0.5, 0.6) is 5.75 Å². The highest BCUT2D eigenvalue weighted by atomic mass is 16.5. The van der Waals surface area contributed by atoms with E-state index in [4.69, 9.17) is 4.74 Å². The third-order valence-electron chi connectivity index (χ3n) is 3.77. The second-order valence-electron chi connectivity index (χ2n) is 5.33. The first-order valence-electron chi connectivity index (χ1n) is 7.53. The molecular formula is C16H23N3O3. The number of benzene rings is 1. The fourth-order valence-corrected chi connectivity index (χ4v) is 2.59. The molecular weight excluding hydrogens is 282 g/mol. The summed E-state index contributed by atoms with van der Waals surface area (Å²) in [5.41, 5.74) is 0.723. The number of carbonyl (C=O) groups is 2. The number of methoxy groups -OCH3 is 1. The van der Waals surface area contributed by atoms with Gasteiger partial charge in [-0.05, 0) is 32.1 Å². The van der Waals surface area contributed by atoms with Gasteiger partial charge in [-0.1, -0.05) is 12.1 Å². The Hall–Kier alpha value is -2.08. The van der Waals surface area contributed by atoms with Crippen LogP contribution in [-0.4, -0.2) is 45.6 Å². The van der Waals surface area contributed by atoms with E-state index in [1.165, 1.54) is 0 Å². The predicted molar refractivity (Wildman–Crippen MR) is 85.0 cm³/mol. The van der Waals surface area contributed by atoms with E-state index in [1.54, 1.807) is 12.0 Å². The van der Waals surface area contributed by atoms with Crippen molar-refractivity contribution in [3.63, 3.8) is 0 Å². The molecule has 1 aliphatic heterocycles. The number of nitrogens with zero attached hydrogens (tertiary/aromatic N) is 1. The van der Waals surface area contributed by atoms with E-state index in [9.17, 15) is 9.59 Å². The second-order valence-corrected chi connectivity index (χ2v) is 5.33. The summed E-state index contributed by atoms with van der Waals surface area (Å²) in [7, 11) is 3.45. The summed E-state index contributed by atoms with van der Waals surface area (Å²) in [5, 5.41) is 5.92. The smallest absolute Gasteiger partial charge is 0.227 e. The molecule has 1 unspecified atom stereocenters. The Kier molecular flexibility index (Phi) is 5.77. The number of rotatable bonds is 7. The van der Waals surface area contributed by atoms with Gasteiger partial charge in [-0.15, -0.1) is 0 Å². The molecule has 22 heavy (non-hydrogen) atoms. The van der Waals surface area contributed by atoms with E-state index in [1.807, 2.05) is 31.3 Å². The van der Waals surface area contributed by atoms with Crippen molar-refractivity contribution < 1.29 is 14.3 Å². The largest absolute Gasteiger partial charge is 0.495 e. The minimum absolute atomic E-state index is 0.0418. The maximum atomic E-state index is 12.2. The van der Waals surface area contributed by atoms with Crippen LogP contribution in [0.1, 0.15) is 12.8 Å². The van der Waals surface area contributed by atoms with Gasteiger partial charge in [-0.2, -0.15) is 0 Å². The molecule has 0 aliphatic carbocycles. The van der Waals surface area contributed by atoms with Gasteiger partial charge in [0.2, 0.25) is 11.8 Å². The third-order valence-corrected chi connectivity index (χ3v) is 3.77. The fraction of sp³-hybridized carbons (Fsp3) is 0.500. The van der Waals surface area contributed by atoms with Crippen molar-refractivity contribution in [2.24, 2.45) is 5.92 Å². The van der Waals surface area contributed by atoms with Crippen molar-refractivity contribution >= 4 is 17.5 Å². The predicted octanol–water partition coefficient (Wildman–Crippen LogP) is 0.774. The van der Waals surface area contributed by atoms with Gasteiger partial charge < -0.3 is 20.3 Å². The number of nitrogens with one attached hydrogen (secondary N) is 2. The van der Waals surface area contributed by atoms with Crippen molar-refractivity contribution in [3.8, 4) is 5.75 Å². The summed E-state index contributed by atoms with van der Waals surface area (Å²) in [4.78, 5) is 26.0. The summed E-state index contributed by atoms with van der Waals surface area (Å²) in [6.07, 6.45) is 1.12. The third kappa shape index (κ3) is 3.76. The fourth-order valence-electron chi connectivity index (χ4n) is 2.59. The van der Waals surface area contributed by atoms with Gasteiger partial charge in [0.25, 0.3) is 0 Å². The summed E-state index contributed by atoms with van der Waals surface area (Å²) in [5.74, 6) is 0.250. The Labute approximate surface area is 130 Å². The number of anilines is 1. The number of hydrogen-bond donors (Lipinski definition) is 2. The Bertz CT molecular complexity index is 533. The van der Waals surface area contributed by atoms with Gasteiger partial charge in [0, 0.05) is 19.5 Å². The van der Waals surface area contributed by atoms with Crippen LogP contribution in [0.15, 0.2) is 24.3 Å². The molecule has 0 bridgehead atoms. The lowest BCUT2D eigenvalue weighted by Gasteiger charge is -2.19. The monoisotopic (exact) mass is 305 g/mol. The minimum atomic E-state index is -0.299. The Morgan fingerprint density at radius 3 is 2.86 bits per heavy atom. The molecule has 1 atom stereocenters. The van der Waals surface area contributed by atoms with Gasteiger partial charge in [-0.3, -0.25) is 9.59 Å². The number of amides is 2. The van der Waals surface area contributed by atoms with Crippen LogP contribution in [0.2, 0.25) is 0 Å². The zero-order valence-corrected chi connectivity index (χ0v) is 13.1. The first-order chi connectivity index (χ1) is 10.7. The molecule has 0 aromatic heterocycles. The molecule has 1 heterocycles. The van der Waals surface area contributed by atoms with Gasteiger partial charge in [0.1, 0.15) is 5.75 Å². The van der Waals surface area contributed by atoms with Crippen LogP contribution < -0.4 is 20.3 Å². The molecule has 6 heteroatoms. The van der Waals surface area contributed by atoms with Gasteiger partial charge >= 0.3 is 0 Å². The van der Waals surface area contributed by atoms with Crippen LogP contribution >= 0.6 is 0 Å². The summed E-state index contributed by atoms with van der Waals surface area (Å²) >= 11 is 0. The molecule has 1 aromatic rings. The average molecular weight is 305 g/mol. The highest BCUT2D eigenvalue weighted by Crippen LogP contribution is 2.32. The van der Waals surface area contributed by atoms with E-state index >= 15 is 0 Å². The summed E-state index contributed by atoms with van der Waals surface area (Å²) in [6.45, 7) is 1.88.